The van der Waals surface area contributed by atoms with Crippen LogP contribution in [0.5, 0.6) is 0 Å². The van der Waals surface area contributed by atoms with Crippen molar-refractivity contribution in [1.82, 2.24) is 0 Å². The van der Waals surface area contributed by atoms with Gasteiger partial charge in [0.25, 0.3) is 0 Å². The molecule has 2 rings (SSSR count). The number of carbonyl (C=O) groups is 2. The summed E-state index contributed by atoms with van der Waals surface area (Å²) in [5, 5.41) is 2.98. The number of ether oxygens (including phenoxy) is 4. The highest BCUT2D eigenvalue weighted by Crippen LogP contribution is 2.44. The Morgan fingerprint density at radius 2 is 2.07 bits per heavy atom. The van der Waals surface area contributed by atoms with Crippen molar-refractivity contribution in [3.05, 3.63) is 22.1 Å². The van der Waals surface area contributed by atoms with Gasteiger partial charge in [-0.25, -0.2) is 4.79 Å². The molecule has 0 aliphatic carbocycles. The number of cyclic esters (lactones) is 1. The first-order valence-electron chi connectivity index (χ1n) is 8.92. The van der Waals surface area contributed by atoms with Crippen molar-refractivity contribution < 1.29 is 28.5 Å². The summed E-state index contributed by atoms with van der Waals surface area (Å²) >= 11 is 0. The molecular weight excluding hydrogens is 354 g/mol. The van der Waals surface area contributed by atoms with E-state index >= 15 is 0 Å². The maximum absolute atomic E-state index is 12.9. The van der Waals surface area contributed by atoms with Gasteiger partial charge in [-0.3, -0.25) is 4.79 Å². The van der Waals surface area contributed by atoms with Crippen LogP contribution in [-0.2, 0) is 23.7 Å². The smallest absolute Gasteiger partial charge is 0.397 e. The molecule has 0 aromatic rings. The number of nitrogens with zero attached hydrogens (tertiary/aromatic N) is 3. The van der Waals surface area contributed by atoms with Crippen LogP contribution < -0.4 is 0 Å². The molecule has 2 fully saturated rings. The Bertz CT molecular complexity index is 681. The Balaban J connectivity index is 2.34. The van der Waals surface area contributed by atoms with Gasteiger partial charge in [-0.2, -0.15) is 0 Å². The van der Waals surface area contributed by atoms with Crippen molar-refractivity contribution in [3.63, 3.8) is 0 Å². The average molecular weight is 381 g/mol. The van der Waals surface area contributed by atoms with Crippen LogP contribution in [0.2, 0.25) is 0 Å². The summed E-state index contributed by atoms with van der Waals surface area (Å²) in [5.74, 6) is -1.66. The van der Waals surface area contributed by atoms with Crippen LogP contribution in [-0.4, -0.2) is 42.8 Å². The van der Waals surface area contributed by atoms with Gasteiger partial charge >= 0.3 is 12.1 Å². The maximum atomic E-state index is 12.9. The molecule has 0 N–H and O–H groups in total. The van der Waals surface area contributed by atoms with Crippen LogP contribution in [0.25, 0.3) is 10.4 Å². The molecule has 1 amide bonds. The molecule has 5 atom stereocenters. The monoisotopic (exact) mass is 381 g/mol. The molecule has 0 spiro atoms. The fraction of sp³-hybridized carbons (Fsp3) is 0.778. The van der Waals surface area contributed by atoms with Gasteiger partial charge in [-0.05, 0) is 46.6 Å². The highest BCUT2D eigenvalue weighted by molar-refractivity contribution is 5.79. The minimum atomic E-state index is -1.11. The molecule has 0 aromatic heterocycles. The molecule has 0 saturated carbocycles. The van der Waals surface area contributed by atoms with Crippen LogP contribution in [0, 0.1) is 11.3 Å². The fourth-order valence-electron chi connectivity index (χ4n) is 3.55. The molecular formula is C18H27N3O6. The Morgan fingerprint density at radius 1 is 1.41 bits per heavy atom. The van der Waals surface area contributed by atoms with E-state index in [0.717, 1.165) is 5.57 Å². The molecule has 0 bridgehead atoms. The van der Waals surface area contributed by atoms with Gasteiger partial charge in [0.05, 0.1) is 6.61 Å². The fourth-order valence-corrected chi connectivity index (χ4v) is 3.55. The summed E-state index contributed by atoms with van der Waals surface area (Å²) in [6, 6.07) is 0. The second kappa shape index (κ2) is 7.88. The normalized spacial score (nSPS) is 35.0. The lowest BCUT2D eigenvalue weighted by Gasteiger charge is -2.46. The summed E-state index contributed by atoms with van der Waals surface area (Å²) in [6.45, 7) is 11.1. The minimum absolute atomic E-state index is 0.261. The number of hydrogen-bond donors (Lipinski definition) is 0. The van der Waals surface area contributed by atoms with Crippen molar-refractivity contribution in [2.24, 2.45) is 16.4 Å². The number of hydrogen-bond acceptors (Lipinski definition) is 6. The summed E-state index contributed by atoms with van der Waals surface area (Å²) < 4.78 is 22.6. The van der Waals surface area contributed by atoms with Crippen LogP contribution >= 0.6 is 0 Å². The van der Waals surface area contributed by atoms with E-state index in [2.05, 4.69) is 10.0 Å². The molecule has 27 heavy (non-hydrogen) atoms. The Labute approximate surface area is 158 Å². The zero-order chi connectivity index (χ0) is 20.4. The van der Waals surface area contributed by atoms with Gasteiger partial charge < -0.3 is 18.9 Å². The third-order valence-corrected chi connectivity index (χ3v) is 5.02. The quantitative estimate of drug-likeness (QED) is 0.240. The van der Waals surface area contributed by atoms with Crippen molar-refractivity contribution in [2.45, 2.75) is 72.1 Å². The molecule has 2 heterocycles. The van der Waals surface area contributed by atoms with E-state index in [-0.39, 0.29) is 6.61 Å². The van der Waals surface area contributed by atoms with E-state index in [9.17, 15) is 9.59 Å². The number of allylic oxidation sites excluding steroid dienone is 2. The summed E-state index contributed by atoms with van der Waals surface area (Å²) in [5.41, 5.74) is 8.41. The number of azide groups is 1. The SMILES string of the molecule is CC(C)=CC[C@]1(C)C(=O)O[C@H]([C@H]2COC(C)(C)O2)[C@@H](C)[C@@H]1OC(=O)N=[N+]=[N-]. The van der Waals surface area contributed by atoms with E-state index in [0.29, 0.717) is 6.42 Å². The van der Waals surface area contributed by atoms with E-state index in [1.807, 2.05) is 26.8 Å². The van der Waals surface area contributed by atoms with Gasteiger partial charge in [0.15, 0.2) is 5.79 Å². The summed E-state index contributed by atoms with van der Waals surface area (Å²) in [6.07, 6.45) is -0.830. The van der Waals surface area contributed by atoms with E-state index in [1.165, 1.54) is 0 Å². The van der Waals surface area contributed by atoms with Crippen molar-refractivity contribution in [2.75, 3.05) is 6.61 Å². The zero-order valence-corrected chi connectivity index (χ0v) is 16.6. The zero-order valence-electron chi connectivity index (χ0n) is 16.6. The van der Waals surface area contributed by atoms with E-state index in [1.54, 1.807) is 20.8 Å². The number of rotatable bonds is 4. The van der Waals surface area contributed by atoms with Gasteiger partial charge in [0, 0.05) is 15.9 Å². The molecule has 9 nitrogen and oxygen atoms in total. The van der Waals surface area contributed by atoms with Gasteiger partial charge in [-0.1, -0.05) is 18.6 Å². The molecule has 2 aliphatic rings. The topological polar surface area (TPSA) is 120 Å². The van der Waals surface area contributed by atoms with Gasteiger partial charge in [0.1, 0.15) is 23.7 Å². The summed E-state index contributed by atoms with van der Waals surface area (Å²) in [7, 11) is 0. The first kappa shape index (κ1) is 21.2. The third kappa shape index (κ3) is 4.61. The lowest BCUT2D eigenvalue weighted by molar-refractivity contribution is -0.214. The first-order chi connectivity index (χ1) is 12.5. The maximum Gasteiger partial charge on any atom is 0.397 e. The predicted molar refractivity (Wildman–Crippen MR) is 95.5 cm³/mol. The number of amides is 1. The molecule has 0 aromatic carbocycles. The van der Waals surface area contributed by atoms with Crippen LogP contribution in [0.15, 0.2) is 16.8 Å². The van der Waals surface area contributed by atoms with Crippen molar-refractivity contribution in [3.8, 4) is 0 Å². The summed E-state index contributed by atoms with van der Waals surface area (Å²) in [4.78, 5) is 27.2. The van der Waals surface area contributed by atoms with Crippen molar-refractivity contribution >= 4 is 12.1 Å². The highest BCUT2D eigenvalue weighted by atomic mass is 16.8. The first-order valence-corrected chi connectivity index (χ1v) is 8.92. The van der Waals surface area contributed by atoms with Crippen LogP contribution in [0.1, 0.15) is 48.0 Å². The molecule has 9 heteroatoms. The Hall–Kier alpha value is -2.09. The molecule has 150 valence electrons. The van der Waals surface area contributed by atoms with Gasteiger partial charge in [-0.15, -0.1) is 0 Å². The lowest BCUT2D eigenvalue weighted by Crippen LogP contribution is -2.59. The van der Waals surface area contributed by atoms with Crippen molar-refractivity contribution in [1.29, 1.82) is 0 Å². The Kier molecular flexibility index (Phi) is 6.19. The highest BCUT2D eigenvalue weighted by Gasteiger charge is 2.57. The molecule has 2 aliphatic heterocycles. The van der Waals surface area contributed by atoms with E-state index in [4.69, 9.17) is 24.5 Å². The number of esters is 1. The standard InChI is InChI=1S/C18H27N3O6/c1-10(2)7-8-18(6)14(26-16(23)20-21-19)11(3)13(25-15(18)22)12-9-24-17(4,5)27-12/h7,11-14H,8-9H2,1-6H3/t11-,12-,13+,14+,18+/m1/s1. The minimum Gasteiger partial charge on any atom is -0.459 e. The van der Waals surface area contributed by atoms with Crippen LogP contribution in [0.3, 0.4) is 0 Å². The largest absolute Gasteiger partial charge is 0.459 e. The molecule has 2 saturated heterocycles. The van der Waals surface area contributed by atoms with Gasteiger partial charge in [0.2, 0.25) is 0 Å². The molecule has 0 radical (unpaired) electrons. The second-order valence-electron chi connectivity index (χ2n) is 7.99. The average Bonchev–Trinajstić information content (AvgIpc) is 2.93. The third-order valence-electron chi connectivity index (χ3n) is 5.02. The molecule has 0 unspecified atom stereocenters. The number of carbonyl (C=O) groups excluding carboxylic acids is 2. The van der Waals surface area contributed by atoms with E-state index < -0.39 is 47.5 Å². The Morgan fingerprint density at radius 3 is 2.59 bits per heavy atom. The predicted octanol–water partition coefficient (Wildman–Crippen LogP) is 3.88. The lowest BCUT2D eigenvalue weighted by atomic mass is 9.71. The second-order valence-corrected chi connectivity index (χ2v) is 7.99. The van der Waals surface area contributed by atoms with Crippen LogP contribution in [0.4, 0.5) is 4.79 Å².